The van der Waals surface area contributed by atoms with Crippen LogP contribution in [-0.4, -0.2) is 23.3 Å². The molecule has 2 heterocycles. The average Bonchev–Trinajstić information content (AvgIpc) is 3.18. The maximum Gasteiger partial charge on any atom is 0.573 e. The predicted molar refractivity (Wildman–Crippen MR) is 129 cm³/mol. The predicted octanol–water partition coefficient (Wildman–Crippen LogP) is 7.39. The van der Waals surface area contributed by atoms with Gasteiger partial charge in [0.2, 0.25) is 5.91 Å². The molecule has 2 aromatic carbocycles. The fraction of sp³-hybridized carbons (Fsp3) is 0.333. The number of nitrogens with zero attached hydrogens (tertiary/aromatic N) is 2. The molecule has 3 aromatic rings. The molecule has 1 aromatic heterocycles. The minimum absolute atomic E-state index is 0.0390. The van der Waals surface area contributed by atoms with Crippen molar-refractivity contribution >= 4 is 11.6 Å². The maximum atomic E-state index is 13.7. The maximum absolute atomic E-state index is 13.7. The van der Waals surface area contributed by atoms with Gasteiger partial charge in [-0.25, -0.2) is 4.98 Å². The molecule has 1 saturated heterocycles. The number of carbonyl (C=O) groups excluding carboxylic acids is 1. The fourth-order valence-corrected chi connectivity index (χ4v) is 4.64. The van der Waals surface area contributed by atoms with Crippen LogP contribution in [0.15, 0.2) is 66.7 Å². The molecule has 0 saturated carbocycles. The molecule has 0 unspecified atom stereocenters. The topological polar surface area (TPSA) is 54.5 Å². The number of hydrogen-bond donors (Lipinski definition) is 1. The fourth-order valence-electron chi connectivity index (χ4n) is 4.64. The van der Waals surface area contributed by atoms with Crippen molar-refractivity contribution in [2.75, 3.05) is 4.90 Å². The summed E-state index contributed by atoms with van der Waals surface area (Å²) in [5, 5.41) is 2.97. The van der Waals surface area contributed by atoms with Gasteiger partial charge in [-0.1, -0.05) is 18.2 Å². The molecule has 2 atom stereocenters. The van der Waals surface area contributed by atoms with E-state index in [1.807, 2.05) is 0 Å². The normalized spacial score (nSPS) is 18.6. The third-order valence-corrected chi connectivity index (χ3v) is 6.47. The highest BCUT2D eigenvalue weighted by Gasteiger charge is 2.45. The monoisotopic (exact) mass is 591 g/mol. The second kappa shape index (κ2) is 10.5. The molecule has 0 spiro atoms. The van der Waals surface area contributed by atoms with Crippen LogP contribution in [0.5, 0.6) is 5.75 Å². The Hall–Kier alpha value is -3.81. The SMILES string of the molecule is CC(C)(N[C@H]1C[C@@H](c2cccc(C(F)(F)F)c2)N(c2ccc(OC(F)(F)F)cc2)C1=O)c1cccc(C(F)(F)F)n1. The first kappa shape index (κ1) is 30.2. The summed E-state index contributed by atoms with van der Waals surface area (Å²) in [6.07, 6.45) is -14.5. The van der Waals surface area contributed by atoms with Crippen molar-refractivity contribution in [1.29, 1.82) is 0 Å². The van der Waals surface area contributed by atoms with E-state index in [0.717, 1.165) is 53.4 Å². The second-order valence-electron chi connectivity index (χ2n) is 9.85. The highest BCUT2D eigenvalue weighted by Crippen LogP contribution is 2.41. The highest BCUT2D eigenvalue weighted by molar-refractivity contribution is 6.00. The Bertz CT molecular complexity index is 1400. The number of carbonyl (C=O) groups is 1. The molecule has 14 heteroatoms. The number of hydrogen-bond acceptors (Lipinski definition) is 4. The van der Waals surface area contributed by atoms with Crippen LogP contribution in [-0.2, 0) is 22.7 Å². The first-order chi connectivity index (χ1) is 18.8. The third-order valence-electron chi connectivity index (χ3n) is 6.47. The van der Waals surface area contributed by atoms with Gasteiger partial charge >= 0.3 is 18.7 Å². The number of benzene rings is 2. The Balaban J connectivity index is 1.70. The smallest absolute Gasteiger partial charge is 0.406 e. The largest absolute Gasteiger partial charge is 0.573 e. The number of ether oxygens (including phenoxy) is 1. The van der Waals surface area contributed by atoms with E-state index in [1.54, 1.807) is 0 Å². The Labute approximate surface area is 227 Å². The summed E-state index contributed by atoms with van der Waals surface area (Å²) in [5.41, 5.74) is -3.29. The zero-order valence-corrected chi connectivity index (χ0v) is 21.3. The molecule has 0 bridgehead atoms. The van der Waals surface area contributed by atoms with Crippen molar-refractivity contribution in [1.82, 2.24) is 10.3 Å². The summed E-state index contributed by atoms with van der Waals surface area (Å²) in [7, 11) is 0. The highest BCUT2D eigenvalue weighted by atomic mass is 19.4. The molecule has 1 N–H and O–H groups in total. The van der Waals surface area contributed by atoms with Gasteiger partial charge in [-0.15, -0.1) is 13.2 Å². The van der Waals surface area contributed by atoms with E-state index in [9.17, 15) is 44.3 Å². The number of aromatic nitrogens is 1. The minimum atomic E-state index is -4.97. The Morgan fingerprint density at radius 2 is 1.44 bits per heavy atom. The zero-order valence-electron chi connectivity index (χ0n) is 21.3. The van der Waals surface area contributed by atoms with Crippen molar-refractivity contribution in [3.63, 3.8) is 0 Å². The van der Waals surface area contributed by atoms with E-state index in [2.05, 4.69) is 15.0 Å². The summed E-state index contributed by atoms with van der Waals surface area (Å²) >= 11 is 0. The van der Waals surface area contributed by atoms with Gasteiger partial charge in [0.05, 0.1) is 28.9 Å². The average molecular weight is 591 g/mol. The lowest BCUT2D eigenvalue weighted by atomic mass is 9.96. The number of amides is 1. The van der Waals surface area contributed by atoms with Crippen molar-refractivity contribution in [2.24, 2.45) is 0 Å². The van der Waals surface area contributed by atoms with Crippen LogP contribution in [0.2, 0.25) is 0 Å². The van der Waals surface area contributed by atoms with Crippen molar-refractivity contribution in [3.05, 3.63) is 89.2 Å². The Morgan fingerprint density at radius 3 is 2.02 bits per heavy atom. The van der Waals surface area contributed by atoms with Gasteiger partial charge in [-0.2, -0.15) is 26.3 Å². The van der Waals surface area contributed by atoms with Crippen molar-refractivity contribution in [3.8, 4) is 5.75 Å². The summed E-state index contributed by atoms with van der Waals surface area (Å²) in [6, 6.07) is 9.67. The molecule has 5 nitrogen and oxygen atoms in total. The first-order valence-electron chi connectivity index (χ1n) is 12.0. The van der Waals surface area contributed by atoms with Crippen molar-refractivity contribution < 1.29 is 49.0 Å². The summed E-state index contributed by atoms with van der Waals surface area (Å²) in [5.74, 6) is -1.23. The molecule has 4 rings (SSSR count). The van der Waals surface area contributed by atoms with Crippen LogP contribution in [0.25, 0.3) is 0 Å². The van der Waals surface area contributed by atoms with Crippen LogP contribution >= 0.6 is 0 Å². The van der Waals surface area contributed by atoms with Crippen molar-refractivity contribution in [2.45, 2.75) is 56.6 Å². The van der Waals surface area contributed by atoms with E-state index in [-0.39, 0.29) is 23.4 Å². The van der Waals surface area contributed by atoms with Gasteiger partial charge in [0.25, 0.3) is 0 Å². The summed E-state index contributed by atoms with van der Waals surface area (Å²) in [6.45, 7) is 2.99. The quantitative estimate of drug-likeness (QED) is 0.304. The van der Waals surface area contributed by atoms with Crippen LogP contribution in [0.4, 0.5) is 45.2 Å². The Morgan fingerprint density at radius 1 is 0.829 bits per heavy atom. The van der Waals surface area contributed by atoms with E-state index >= 15 is 0 Å². The number of halogens is 9. The lowest BCUT2D eigenvalue weighted by Crippen LogP contribution is -2.48. The number of pyridine rings is 1. The van der Waals surface area contributed by atoms with E-state index < -0.39 is 59.3 Å². The molecule has 1 amide bonds. The number of rotatable bonds is 6. The van der Waals surface area contributed by atoms with E-state index in [0.29, 0.717) is 0 Å². The molecule has 1 fully saturated rings. The van der Waals surface area contributed by atoms with Gasteiger partial charge in [0.1, 0.15) is 11.4 Å². The number of anilines is 1. The molecule has 0 radical (unpaired) electrons. The second-order valence-corrected chi connectivity index (χ2v) is 9.85. The van der Waals surface area contributed by atoms with Gasteiger partial charge in [-0.05, 0) is 74.4 Å². The molecule has 1 aliphatic heterocycles. The van der Waals surface area contributed by atoms with Gasteiger partial charge in [-0.3, -0.25) is 10.1 Å². The minimum Gasteiger partial charge on any atom is -0.406 e. The standard InChI is InChI=1S/C27H22F9N3O2/c1-24(2,21-7-4-8-22(37-21)26(31,32)33)38-19-14-20(15-5-3-6-16(13-15)25(28,29)30)39(23(19)40)17-9-11-18(12-10-17)41-27(34,35)36/h3-13,19-20,38H,14H2,1-2H3/t19-,20-/m0/s1. The first-order valence-corrected chi connectivity index (χ1v) is 12.0. The van der Waals surface area contributed by atoms with Crippen LogP contribution < -0.4 is 15.0 Å². The third kappa shape index (κ3) is 6.92. The molecule has 0 aliphatic carbocycles. The molecule has 220 valence electrons. The van der Waals surface area contributed by atoms with Gasteiger partial charge in [0.15, 0.2) is 0 Å². The van der Waals surface area contributed by atoms with E-state index in [4.69, 9.17) is 0 Å². The van der Waals surface area contributed by atoms with Gasteiger partial charge in [0, 0.05) is 5.69 Å². The number of nitrogens with one attached hydrogen (secondary N) is 1. The zero-order chi connectivity index (χ0) is 30.4. The lowest BCUT2D eigenvalue weighted by molar-refractivity contribution is -0.274. The molecular weight excluding hydrogens is 569 g/mol. The lowest BCUT2D eigenvalue weighted by Gasteiger charge is -2.29. The summed E-state index contributed by atoms with van der Waals surface area (Å²) in [4.78, 5) is 18.5. The van der Waals surface area contributed by atoms with Crippen LogP contribution in [0.3, 0.4) is 0 Å². The molecular formula is C27H22F9N3O2. The van der Waals surface area contributed by atoms with Crippen LogP contribution in [0.1, 0.15) is 48.8 Å². The molecule has 41 heavy (non-hydrogen) atoms. The van der Waals surface area contributed by atoms with Gasteiger partial charge < -0.3 is 9.64 Å². The summed E-state index contributed by atoms with van der Waals surface area (Å²) < 4.78 is 122. The van der Waals surface area contributed by atoms with Crippen LogP contribution in [0, 0.1) is 0 Å². The molecule has 1 aliphatic rings. The number of alkyl halides is 9. The Kier molecular flexibility index (Phi) is 7.76. The van der Waals surface area contributed by atoms with E-state index in [1.165, 1.54) is 32.0 Å².